The van der Waals surface area contributed by atoms with Crippen LogP contribution in [0.3, 0.4) is 0 Å². The minimum absolute atomic E-state index is 0.0333. The van der Waals surface area contributed by atoms with Crippen LogP contribution in [0, 0.1) is 5.92 Å². The topological polar surface area (TPSA) is 56.8 Å². The predicted molar refractivity (Wildman–Crippen MR) is 203 cm³/mol. The average molecular weight is 674 g/mol. The molecule has 2 heterocycles. The molecule has 48 heavy (non-hydrogen) atoms. The number of unbranched alkanes of at least 4 members (excludes halogenated alkanes) is 3. The van der Waals surface area contributed by atoms with Crippen molar-refractivity contribution in [1.29, 1.82) is 0 Å². The van der Waals surface area contributed by atoms with Crippen LogP contribution in [0.4, 0.5) is 0 Å². The van der Waals surface area contributed by atoms with Crippen molar-refractivity contribution in [2.45, 2.75) is 166 Å². The second-order valence-corrected chi connectivity index (χ2v) is 21.5. The van der Waals surface area contributed by atoms with Gasteiger partial charge in [0.2, 0.25) is 0 Å². The second kappa shape index (κ2) is 15.2. The van der Waals surface area contributed by atoms with Crippen LogP contribution in [-0.2, 0) is 18.5 Å². The monoisotopic (exact) mass is 673 g/mol. The molecular formula is C41H64BNO4Si. The van der Waals surface area contributed by atoms with Gasteiger partial charge in [-0.15, -0.1) is 0 Å². The summed E-state index contributed by atoms with van der Waals surface area (Å²) in [6.45, 7) is 18.5. The molecule has 1 saturated carbocycles. The Morgan fingerprint density at radius 3 is 2.06 bits per heavy atom. The van der Waals surface area contributed by atoms with E-state index >= 15 is 0 Å². The Labute approximate surface area is 294 Å². The highest BCUT2D eigenvalue weighted by atomic mass is 28.4. The van der Waals surface area contributed by atoms with E-state index in [0.29, 0.717) is 31.1 Å². The van der Waals surface area contributed by atoms with E-state index in [4.69, 9.17) is 13.7 Å². The summed E-state index contributed by atoms with van der Waals surface area (Å²) in [6.07, 6.45) is 12.5. The first kappa shape index (κ1) is 37.5. The number of Topliss-reactive ketones (excluding diaryl/α,β-unsaturated/α-hetero) is 1. The van der Waals surface area contributed by atoms with Crippen molar-refractivity contribution >= 4 is 31.6 Å². The Hall–Kier alpha value is -1.77. The zero-order valence-corrected chi connectivity index (χ0v) is 32.4. The van der Waals surface area contributed by atoms with E-state index in [9.17, 15) is 4.79 Å². The van der Waals surface area contributed by atoms with Gasteiger partial charge in [0.15, 0.2) is 0 Å². The smallest absolute Gasteiger partial charge is 0.406 e. The summed E-state index contributed by atoms with van der Waals surface area (Å²) < 4.78 is 21.0. The van der Waals surface area contributed by atoms with Crippen LogP contribution in [-0.4, -0.2) is 50.6 Å². The highest BCUT2D eigenvalue weighted by Gasteiger charge is 2.59. The summed E-state index contributed by atoms with van der Waals surface area (Å²) in [5.41, 5.74) is -0.872. The van der Waals surface area contributed by atoms with Crippen LogP contribution in [0.25, 0.3) is 0 Å². The van der Waals surface area contributed by atoms with Gasteiger partial charge in [0.05, 0.1) is 17.8 Å². The second-order valence-electron chi connectivity index (χ2n) is 17.2. The molecule has 2 aromatic carbocycles. The molecule has 5 nitrogen and oxygen atoms in total. The summed E-state index contributed by atoms with van der Waals surface area (Å²) in [5, 5.41) is 6.83. The number of nitrogens with one attached hydrogen (secondary N) is 1. The molecule has 0 radical (unpaired) electrons. The van der Waals surface area contributed by atoms with Crippen molar-refractivity contribution in [2.24, 2.45) is 5.92 Å². The van der Waals surface area contributed by atoms with Gasteiger partial charge in [0, 0.05) is 30.2 Å². The van der Waals surface area contributed by atoms with Crippen molar-refractivity contribution in [3.8, 4) is 0 Å². The van der Waals surface area contributed by atoms with Gasteiger partial charge in [-0.2, -0.15) is 0 Å². The summed E-state index contributed by atoms with van der Waals surface area (Å²) in [4.78, 5) is 13.6. The molecule has 5 rings (SSSR count). The van der Waals surface area contributed by atoms with Gasteiger partial charge in [-0.3, -0.25) is 4.79 Å². The van der Waals surface area contributed by atoms with Crippen molar-refractivity contribution in [2.75, 3.05) is 6.61 Å². The molecule has 0 unspecified atom stereocenters. The maximum absolute atomic E-state index is 13.6. The lowest BCUT2D eigenvalue weighted by Crippen LogP contribution is -2.67. The SMILES string of the molecule is CCCCCCC(=O)C[C@H](B1OC(C)(C)C(C)(C)O1)[C@@H]1CCCC[C@@]12CC[C@H](CO[Si](c1ccccc1)(c1ccccc1)C(C)(C)C)N2. The molecule has 3 fully saturated rings. The first-order chi connectivity index (χ1) is 22.7. The molecule has 1 spiro atoms. The van der Waals surface area contributed by atoms with Gasteiger partial charge < -0.3 is 19.1 Å². The van der Waals surface area contributed by atoms with Crippen molar-refractivity contribution in [3.05, 3.63) is 60.7 Å². The summed E-state index contributed by atoms with van der Waals surface area (Å²) in [7, 11) is -3.01. The van der Waals surface area contributed by atoms with E-state index in [1.54, 1.807) is 0 Å². The van der Waals surface area contributed by atoms with Crippen LogP contribution in [0.1, 0.15) is 132 Å². The molecule has 264 valence electrons. The Morgan fingerprint density at radius 1 is 0.896 bits per heavy atom. The highest BCUT2D eigenvalue weighted by molar-refractivity contribution is 6.99. The van der Waals surface area contributed by atoms with E-state index in [2.05, 4.69) is 121 Å². The van der Waals surface area contributed by atoms with Crippen LogP contribution in [0.5, 0.6) is 0 Å². The minimum atomic E-state index is -2.64. The van der Waals surface area contributed by atoms with Gasteiger partial charge in [-0.05, 0) is 81.1 Å². The molecule has 0 bridgehead atoms. The van der Waals surface area contributed by atoms with Gasteiger partial charge in [0.25, 0.3) is 8.32 Å². The first-order valence-corrected chi connectivity index (χ1v) is 21.1. The third kappa shape index (κ3) is 7.76. The Bertz CT molecular complexity index is 1270. The summed E-state index contributed by atoms with van der Waals surface area (Å²) in [5.74, 6) is 0.725. The lowest BCUT2D eigenvalue weighted by atomic mass is 9.54. The van der Waals surface area contributed by atoms with Crippen LogP contribution in [0.2, 0.25) is 10.9 Å². The third-order valence-corrected chi connectivity index (χ3v) is 17.4. The molecule has 0 aromatic heterocycles. The van der Waals surface area contributed by atoms with E-state index in [1.165, 1.54) is 36.1 Å². The largest absolute Gasteiger partial charge is 0.461 e. The Balaban J connectivity index is 1.40. The van der Waals surface area contributed by atoms with E-state index < -0.39 is 19.5 Å². The molecule has 2 aromatic rings. The molecule has 7 heteroatoms. The molecule has 0 amide bonds. The van der Waals surface area contributed by atoms with E-state index in [1.807, 2.05) is 0 Å². The van der Waals surface area contributed by atoms with Gasteiger partial charge in [-0.25, -0.2) is 0 Å². The van der Waals surface area contributed by atoms with Crippen molar-refractivity contribution < 1.29 is 18.5 Å². The number of ketones is 1. The summed E-state index contributed by atoms with van der Waals surface area (Å²) in [6, 6.07) is 22.2. The Morgan fingerprint density at radius 2 is 1.50 bits per heavy atom. The van der Waals surface area contributed by atoms with E-state index in [-0.39, 0.29) is 29.6 Å². The highest BCUT2D eigenvalue weighted by Crippen LogP contribution is 2.52. The number of hydrogen-bond donors (Lipinski definition) is 1. The average Bonchev–Trinajstić information content (AvgIpc) is 3.54. The zero-order chi connectivity index (χ0) is 34.6. The fourth-order valence-corrected chi connectivity index (χ4v) is 13.7. The van der Waals surface area contributed by atoms with E-state index in [0.717, 1.165) is 38.5 Å². The molecule has 4 atom stereocenters. The predicted octanol–water partition coefficient (Wildman–Crippen LogP) is 8.64. The standard InChI is InChI=1S/C41H64BNO4Si/c1-9-10-11-14-21-33(44)30-37(42-46-39(5,6)40(7,8)47-42)36-26-19-20-28-41(36)29-27-32(43-41)31-45-48(38(2,3)4,34-22-15-12-16-23-34)35-24-17-13-18-25-35/h12-13,15-18,22-25,32,36-37,43H,9-11,14,19-21,26-31H2,1-8H3/t32-,36+,37+,41-/m1/s1. The molecule has 1 N–H and O–H groups in total. The zero-order valence-electron chi connectivity index (χ0n) is 31.4. The maximum Gasteiger partial charge on any atom is 0.461 e. The third-order valence-electron chi connectivity index (χ3n) is 12.4. The molecular weight excluding hydrogens is 609 g/mol. The van der Waals surface area contributed by atoms with Crippen LogP contribution in [0.15, 0.2) is 60.7 Å². The summed E-state index contributed by atoms with van der Waals surface area (Å²) >= 11 is 0. The Kier molecular flexibility index (Phi) is 11.9. The number of hydrogen-bond acceptors (Lipinski definition) is 5. The lowest BCUT2D eigenvalue weighted by molar-refractivity contribution is -0.119. The quantitative estimate of drug-likeness (QED) is 0.161. The molecule has 3 aliphatic rings. The minimum Gasteiger partial charge on any atom is -0.406 e. The number of carbonyl (C=O) groups excluding carboxylic acids is 1. The lowest BCUT2D eigenvalue weighted by Gasteiger charge is -2.47. The fourth-order valence-electron chi connectivity index (χ4n) is 9.08. The molecule has 1 aliphatic carbocycles. The van der Waals surface area contributed by atoms with Gasteiger partial charge >= 0.3 is 7.12 Å². The van der Waals surface area contributed by atoms with Crippen LogP contribution < -0.4 is 15.7 Å². The molecule has 2 aliphatic heterocycles. The fraction of sp³-hybridized carbons (Fsp3) is 0.683. The van der Waals surface area contributed by atoms with Gasteiger partial charge in [-0.1, -0.05) is 120 Å². The van der Waals surface area contributed by atoms with Gasteiger partial charge in [0.1, 0.15) is 5.78 Å². The number of benzene rings is 2. The molecule has 2 saturated heterocycles. The van der Waals surface area contributed by atoms with Crippen LogP contribution >= 0.6 is 0 Å². The van der Waals surface area contributed by atoms with Crippen molar-refractivity contribution in [1.82, 2.24) is 5.32 Å². The number of carbonyl (C=O) groups is 1. The normalized spacial score (nSPS) is 26.2. The number of rotatable bonds is 14. The maximum atomic E-state index is 13.6. The van der Waals surface area contributed by atoms with Crippen molar-refractivity contribution in [3.63, 3.8) is 0 Å². The first-order valence-electron chi connectivity index (χ1n) is 19.1.